The number of nitrogens with one attached hydrogen (secondary N) is 2. The van der Waals surface area contributed by atoms with Gasteiger partial charge in [-0.15, -0.1) is 0 Å². The van der Waals surface area contributed by atoms with Crippen LogP contribution in [-0.2, 0) is 16.1 Å². The van der Waals surface area contributed by atoms with Crippen LogP contribution in [0, 0.1) is 22.7 Å². The fraction of sp³-hybridized carbons (Fsp3) is 0.188. The van der Waals surface area contributed by atoms with Gasteiger partial charge in [-0.2, -0.15) is 10.5 Å². The van der Waals surface area contributed by atoms with Crippen molar-refractivity contribution in [3.8, 4) is 46.4 Å². The predicted molar refractivity (Wildman–Crippen MR) is 320 cm³/mol. The molecular weight excluding hydrogens is 1080 g/mol. The van der Waals surface area contributed by atoms with Gasteiger partial charge in [0, 0.05) is 110 Å². The summed E-state index contributed by atoms with van der Waals surface area (Å²) in [5, 5.41) is 38.4. The molecule has 2 fully saturated rings. The van der Waals surface area contributed by atoms with E-state index in [0.29, 0.717) is 90.8 Å². The number of nitriles is 2. The van der Waals surface area contributed by atoms with Crippen LogP contribution in [0.3, 0.4) is 0 Å². The molecule has 2 aliphatic rings. The molecular formula is C64H56N14O7. The summed E-state index contributed by atoms with van der Waals surface area (Å²) in [7, 11) is 1.58. The third kappa shape index (κ3) is 13.6. The minimum atomic E-state index is -0.479. The molecule has 2 saturated heterocycles. The summed E-state index contributed by atoms with van der Waals surface area (Å²) in [6, 6.07) is 45.3. The van der Waals surface area contributed by atoms with E-state index in [4.69, 9.17) is 19.4 Å². The molecule has 21 nitrogen and oxygen atoms in total. The Balaban J connectivity index is 0.000000192. The maximum Gasteiger partial charge on any atom is 0.410 e. The summed E-state index contributed by atoms with van der Waals surface area (Å²) in [6.07, 6.45) is 7.56. The molecule has 0 saturated carbocycles. The van der Waals surface area contributed by atoms with Crippen molar-refractivity contribution >= 4 is 68.4 Å². The fourth-order valence-electron chi connectivity index (χ4n) is 10.1. The Hall–Kier alpha value is -11.3. The molecule has 424 valence electrons. The third-order valence-corrected chi connectivity index (χ3v) is 14.3. The quantitative estimate of drug-likeness (QED) is 0.0855. The number of carbonyl (C=O) groups is 4. The van der Waals surface area contributed by atoms with Gasteiger partial charge in [0.25, 0.3) is 11.8 Å². The zero-order valence-electron chi connectivity index (χ0n) is 46.2. The minimum absolute atomic E-state index is 0.0268. The number of aromatic hydroxyl groups is 1. The first-order valence-corrected chi connectivity index (χ1v) is 27.1. The Kier molecular flexibility index (Phi) is 17.8. The predicted octanol–water partition coefficient (Wildman–Crippen LogP) is 9.46. The maximum atomic E-state index is 13.8. The van der Waals surface area contributed by atoms with Gasteiger partial charge < -0.3 is 44.8 Å². The van der Waals surface area contributed by atoms with Gasteiger partial charge in [-0.05, 0) is 58.8 Å². The highest BCUT2D eigenvalue weighted by atomic mass is 16.6. The second-order valence-corrected chi connectivity index (χ2v) is 19.8. The lowest BCUT2D eigenvalue weighted by Gasteiger charge is -2.40. The van der Waals surface area contributed by atoms with Crippen LogP contribution < -0.4 is 25.2 Å². The Bertz CT molecular complexity index is 4010. The van der Waals surface area contributed by atoms with E-state index < -0.39 is 23.9 Å². The van der Waals surface area contributed by atoms with Gasteiger partial charge in [-0.25, -0.2) is 24.7 Å². The number of hydrogen-bond donors (Lipinski definition) is 3. The van der Waals surface area contributed by atoms with Crippen LogP contribution in [0.5, 0.6) is 11.5 Å². The zero-order chi connectivity index (χ0) is 59.2. The number of amides is 4. The lowest BCUT2D eigenvalue weighted by molar-refractivity contribution is -0.128. The molecule has 0 radical (unpaired) electrons. The van der Waals surface area contributed by atoms with E-state index in [1.54, 1.807) is 84.2 Å². The Labute approximate surface area is 489 Å². The summed E-state index contributed by atoms with van der Waals surface area (Å²) >= 11 is 0. The van der Waals surface area contributed by atoms with Gasteiger partial charge in [0.2, 0.25) is 5.91 Å². The lowest BCUT2D eigenvalue weighted by Crippen LogP contribution is -2.55. The summed E-state index contributed by atoms with van der Waals surface area (Å²) in [5.41, 5.74) is 3.45. The molecule has 21 heteroatoms. The van der Waals surface area contributed by atoms with Crippen molar-refractivity contribution in [1.82, 2.24) is 39.7 Å². The van der Waals surface area contributed by atoms with Crippen LogP contribution in [0.4, 0.5) is 27.8 Å². The molecule has 2 atom stereocenters. The van der Waals surface area contributed by atoms with Crippen molar-refractivity contribution in [3.05, 3.63) is 194 Å². The highest BCUT2D eigenvalue weighted by Gasteiger charge is 2.34. The SMILES string of the molecule is C=CC(=O)N1CCN(c2cc(C(=O)Nc3cc(O)cc4ccccc34)nc(-c3cccnc3)n2)C[C@@H]1CC#N.COc1cc(NC(=O)c2cc(N3CCN(C(=O)OCc4ccccc4)[C@@H](CC#N)C3)nc(-c3cccnc3)n2)c2ccccc2c1. The topological polar surface area (TPSA) is 269 Å². The maximum absolute atomic E-state index is 13.8. The number of fused-ring (bicyclic) bond motifs is 2. The summed E-state index contributed by atoms with van der Waals surface area (Å²) in [4.78, 5) is 86.8. The monoisotopic (exact) mass is 1130 g/mol. The largest absolute Gasteiger partial charge is 0.508 e. The van der Waals surface area contributed by atoms with Crippen molar-refractivity contribution in [3.63, 3.8) is 0 Å². The van der Waals surface area contributed by atoms with Crippen molar-refractivity contribution in [2.24, 2.45) is 0 Å². The average Bonchev–Trinajstić information content (AvgIpc) is 3.63. The standard InChI is InChI=1S/C35H31N7O4.C29H25N7O3/c1-45-28-18-25-10-5-6-12-29(25)30(19-28)39-34(43)31-20-32(40-33(38-31)26-11-7-15-37-21-26)41-16-17-42(27(22-41)13-14-36)35(44)46-23-24-8-3-2-4-9-24;1-2-27(38)36-13-12-35(18-21(36)9-10-30)26-16-25(32-28(34-26)20-7-5-11-31-17-20)29(39)33-24-15-22(37)14-19-6-3-4-8-23(19)24/h2-12,15,18-21,27H,13,16-17,22-23H2,1H3,(H,39,43);2-8,11,14-17,21,37H,1,9,12-13,18H2,(H,33,39)/t27-;21-/m00/s1. The van der Waals surface area contributed by atoms with Crippen LogP contribution in [0.2, 0.25) is 0 Å². The van der Waals surface area contributed by atoms with Gasteiger partial charge in [0.05, 0.1) is 55.5 Å². The first kappa shape index (κ1) is 56.9. The Morgan fingerprint density at radius 2 is 1.15 bits per heavy atom. The number of anilines is 4. The van der Waals surface area contributed by atoms with E-state index in [2.05, 4.69) is 49.3 Å². The number of methoxy groups -OCH3 is 1. The summed E-state index contributed by atoms with van der Waals surface area (Å²) < 4.78 is 11.0. The van der Waals surface area contributed by atoms with Gasteiger partial charge in [0.1, 0.15) is 41.1 Å². The van der Waals surface area contributed by atoms with Gasteiger partial charge >= 0.3 is 6.09 Å². The molecule has 3 N–H and O–H groups in total. The highest BCUT2D eigenvalue weighted by molar-refractivity contribution is 6.10. The number of rotatable bonds is 14. The number of hydrogen-bond acceptors (Lipinski definition) is 17. The number of piperazine rings is 2. The van der Waals surface area contributed by atoms with E-state index in [-0.39, 0.29) is 48.5 Å². The number of nitrogens with zero attached hydrogens (tertiary/aromatic N) is 12. The number of carbonyl (C=O) groups excluding carboxylic acids is 4. The Morgan fingerprint density at radius 1 is 0.635 bits per heavy atom. The fourth-order valence-corrected chi connectivity index (χ4v) is 10.1. The van der Waals surface area contributed by atoms with Crippen LogP contribution in [0.15, 0.2) is 177 Å². The normalized spacial score (nSPS) is 14.7. The molecule has 0 aliphatic carbocycles. The van der Waals surface area contributed by atoms with Crippen LogP contribution in [0.25, 0.3) is 44.3 Å². The smallest absolute Gasteiger partial charge is 0.410 e. The van der Waals surface area contributed by atoms with Gasteiger partial charge in [-0.1, -0.05) is 85.4 Å². The van der Waals surface area contributed by atoms with Crippen LogP contribution in [-0.4, -0.2) is 127 Å². The molecule has 9 aromatic rings. The van der Waals surface area contributed by atoms with E-state index >= 15 is 0 Å². The second-order valence-electron chi connectivity index (χ2n) is 19.8. The van der Waals surface area contributed by atoms with E-state index in [1.165, 1.54) is 12.1 Å². The van der Waals surface area contributed by atoms with Gasteiger partial charge in [-0.3, -0.25) is 24.4 Å². The molecule has 0 bridgehead atoms. The molecule has 2 aliphatic heterocycles. The summed E-state index contributed by atoms with van der Waals surface area (Å²) in [6.45, 7) is 5.92. The number of aromatic nitrogens is 6. The molecule has 0 unspecified atom stereocenters. The molecule has 6 heterocycles. The molecule has 4 amide bonds. The second kappa shape index (κ2) is 26.5. The number of benzene rings is 5. The van der Waals surface area contributed by atoms with Crippen molar-refractivity contribution in [2.45, 2.75) is 31.5 Å². The molecule has 4 aromatic heterocycles. The van der Waals surface area contributed by atoms with Crippen molar-refractivity contribution < 1.29 is 33.8 Å². The van der Waals surface area contributed by atoms with E-state index in [1.807, 2.05) is 101 Å². The summed E-state index contributed by atoms with van der Waals surface area (Å²) in [5.74, 6) is 1.12. The highest BCUT2D eigenvalue weighted by Crippen LogP contribution is 2.33. The van der Waals surface area contributed by atoms with E-state index in [0.717, 1.165) is 27.1 Å². The number of ether oxygens (including phenoxy) is 2. The third-order valence-electron chi connectivity index (χ3n) is 14.3. The van der Waals surface area contributed by atoms with Gasteiger partial charge in [0.15, 0.2) is 11.6 Å². The van der Waals surface area contributed by atoms with Crippen molar-refractivity contribution in [2.75, 3.05) is 66.8 Å². The molecule has 5 aromatic carbocycles. The number of phenols is 1. The lowest BCUT2D eigenvalue weighted by atomic mass is 10.1. The average molecular weight is 1130 g/mol. The number of phenolic OH excluding ortho intramolecular Hbond substituents is 1. The minimum Gasteiger partial charge on any atom is -0.508 e. The Morgan fingerprint density at radius 3 is 1.68 bits per heavy atom. The molecule has 11 rings (SSSR count). The first-order chi connectivity index (χ1) is 41.5. The van der Waals surface area contributed by atoms with Crippen molar-refractivity contribution in [1.29, 1.82) is 10.5 Å². The molecule has 0 spiro atoms. The van der Waals surface area contributed by atoms with E-state index in [9.17, 15) is 34.8 Å². The van der Waals surface area contributed by atoms with Crippen LogP contribution in [0.1, 0.15) is 39.4 Å². The zero-order valence-corrected chi connectivity index (χ0v) is 46.2. The first-order valence-electron chi connectivity index (χ1n) is 27.1. The number of pyridine rings is 2. The van der Waals surface area contributed by atoms with Crippen LogP contribution >= 0.6 is 0 Å². The molecule has 85 heavy (non-hydrogen) atoms.